The third-order valence-electron chi connectivity index (χ3n) is 4.79. The van der Waals surface area contributed by atoms with Crippen LogP contribution in [0.3, 0.4) is 0 Å². The van der Waals surface area contributed by atoms with E-state index >= 15 is 0 Å². The number of aliphatic carboxylic acids is 1. The molecule has 1 amide bonds. The van der Waals surface area contributed by atoms with Gasteiger partial charge in [-0.15, -0.1) is 0 Å². The number of carboxylic acid groups (broad SMARTS) is 1. The topological polar surface area (TPSA) is 86.6 Å². The number of aliphatic hydroxyl groups excluding tert-OH is 1. The highest BCUT2D eigenvalue weighted by Crippen LogP contribution is 2.44. The predicted molar refractivity (Wildman–Crippen MR) is 74.2 cm³/mol. The quantitative estimate of drug-likeness (QED) is 0.718. The monoisotopic (exact) mass is 283 g/mol. The molecule has 2 rings (SSSR count). The highest BCUT2D eigenvalue weighted by atomic mass is 16.4. The van der Waals surface area contributed by atoms with Crippen LogP contribution in [0.4, 0.5) is 0 Å². The standard InChI is InChI=1S/C15H25NO4/c17-12-5-3-11(4-6-12)16-13(18)9-15(10-14(19)20)7-1-2-8-15/h11-12,17H,1-10H2,(H,16,18)(H,19,20). The zero-order valence-corrected chi connectivity index (χ0v) is 11.9. The van der Waals surface area contributed by atoms with Crippen LogP contribution in [0.1, 0.15) is 64.2 Å². The highest BCUT2D eigenvalue weighted by Gasteiger charge is 2.38. The summed E-state index contributed by atoms with van der Waals surface area (Å²) in [5.41, 5.74) is -0.329. The van der Waals surface area contributed by atoms with Gasteiger partial charge in [-0.3, -0.25) is 9.59 Å². The molecular formula is C15H25NO4. The van der Waals surface area contributed by atoms with Crippen LogP contribution >= 0.6 is 0 Å². The van der Waals surface area contributed by atoms with E-state index in [0.717, 1.165) is 51.4 Å². The SMILES string of the molecule is O=C(O)CC1(CC(=O)NC2CCC(O)CC2)CCCC1. The number of nitrogens with one attached hydrogen (secondary N) is 1. The van der Waals surface area contributed by atoms with Crippen LogP contribution in [0.5, 0.6) is 0 Å². The Morgan fingerprint density at radius 3 is 2.20 bits per heavy atom. The fraction of sp³-hybridized carbons (Fsp3) is 0.867. The Bertz CT molecular complexity index is 355. The molecule has 0 aliphatic heterocycles. The summed E-state index contributed by atoms with van der Waals surface area (Å²) in [6.45, 7) is 0. The van der Waals surface area contributed by atoms with Crippen molar-refractivity contribution >= 4 is 11.9 Å². The molecule has 20 heavy (non-hydrogen) atoms. The summed E-state index contributed by atoms with van der Waals surface area (Å²) in [5.74, 6) is -0.824. The Labute approximate surface area is 119 Å². The molecule has 2 aliphatic rings. The maximum absolute atomic E-state index is 12.2. The molecular weight excluding hydrogens is 258 g/mol. The fourth-order valence-electron chi connectivity index (χ4n) is 3.70. The van der Waals surface area contributed by atoms with E-state index in [9.17, 15) is 14.7 Å². The number of rotatable bonds is 5. The maximum atomic E-state index is 12.2. The van der Waals surface area contributed by atoms with Crippen molar-refractivity contribution in [3.63, 3.8) is 0 Å². The Balaban J connectivity index is 1.84. The van der Waals surface area contributed by atoms with Gasteiger partial charge in [0.15, 0.2) is 0 Å². The van der Waals surface area contributed by atoms with E-state index in [2.05, 4.69) is 5.32 Å². The van der Waals surface area contributed by atoms with Crippen molar-refractivity contribution in [3.8, 4) is 0 Å². The van der Waals surface area contributed by atoms with Crippen LogP contribution < -0.4 is 5.32 Å². The summed E-state index contributed by atoms with van der Waals surface area (Å²) < 4.78 is 0. The first kappa shape index (κ1) is 15.3. The smallest absolute Gasteiger partial charge is 0.303 e. The van der Waals surface area contributed by atoms with Gasteiger partial charge in [0.25, 0.3) is 0 Å². The first-order chi connectivity index (χ1) is 9.49. The van der Waals surface area contributed by atoms with Gasteiger partial charge in [0, 0.05) is 12.5 Å². The molecule has 0 spiro atoms. The summed E-state index contributed by atoms with van der Waals surface area (Å²) in [6, 6.07) is 0.147. The first-order valence-electron chi connectivity index (χ1n) is 7.68. The summed E-state index contributed by atoms with van der Waals surface area (Å²) in [7, 11) is 0. The van der Waals surface area contributed by atoms with Crippen molar-refractivity contribution in [3.05, 3.63) is 0 Å². The van der Waals surface area contributed by atoms with Crippen LogP contribution in [0, 0.1) is 5.41 Å². The maximum Gasteiger partial charge on any atom is 0.303 e. The zero-order valence-electron chi connectivity index (χ0n) is 11.9. The summed E-state index contributed by atoms with van der Waals surface area (Å²) in [4.78, 5) is 23.2. The van der Waals surface area contributed by atoms with Crippen LogP contribution in [0.2, 0.25) is 0 Å². The molecule has 0 atom stereocenters. The fourth-order valence-corrected chi connectivity index (χ4v) is 3.70. The second-order valence-electron chi connectivity index (χ2n) is 6.53. The Kier molecular flexibility index (Phi) is 5.02. The summed E-state index contributed by atoms with van der Waals surface area (Å²) >= 11 is 0. The van der Waals surface area contributed by atoms with Gasteiger partial charge >= 0.3 is 5.97 Å². The molecule has 0 radical (unpaired) electrons. The van der Waals surface area contributed by atoms with Gasteiger partial charge in [-0.25, -0.2) is 0 Å². The largest absolute Gasteiger partial charge is 0.481 e. The predicted octanol–water partition coefficient (Wildman–Crippen LogP) is 1.83. The molecule has 0 heterocycles. The molecule has 0 aromatic carbocycles. The number of aliphatic hydroxyl groups is 1. The molecule has 2 fully saturated rings. The molecule has 0 saturated heterocycles. The van der Waals surface area contributed by atoms with E-state index < -0.39 is 5.97 Å². The number of hydrogen-bond acceptors (Lipinski definition) is 3. The molecule has 2 aliphatic carbocycles. The Morgan fingerprint density at radius 1 is 1.05 bits per heavy atom. The minimum Gasteiger partial charge on any atom is -0.481 e. The molecule has 3 N–H and O–H groups in total. The van der Waals surface area contributed by atoms with Gasteiger partial charge in [0.2, 0.25) is 5.91 Å². The second-order valence-corrected chi connectivity index (χ2v) is 6.53. The van der Waals surface area contributed by atoms with E-state index in [-0.39, 0.29) is 29.9 Å². The molecule has 5 nitrogen and oxygen atoms in total. The van der Waals surface area contributed by atoms with E-state index in [0.29, 0.717) is 6.42 Å². The van der Waals surface area contributed by atoms with Gasteiger partial charge in [0.1, 0.15) is 0 Å². The number of carboxylic acids is 1. The van der Waals surface area contributed by atoms with E-state index in [1.165, 1.54) is 0 Å². The van der Waals surface area contributed by atoms with Crippen molar-refractivity contribution in [1.29, 1.82) is 0 Å². The zero-order chi connectivity index (χ0) is 14.6. The molecule has 0 unspecified atom stereocenters. The van der Waals surface area contributed by atoms with E-state index in [1.54, 1.807) is 0 Å². The highest BCUT2D eigenvalue weighted by molar-refractivity contribution is 5.78. The lowest BCUT2D eigenvalue weighted by Gasteiger charge is -2.30. The normalized spacial score (nSPS) is 29.1. The second kappa shape index (κ2) is 6.57. The molecule has 0 bridgehead atoms. The average molecular weight is 283 g/mol. The molecule has 2 saturated carbocycles. The lowest BCUT2D eigenvalue weighted by molar-refractivity contribution is -0.140. The number of carbonyl (C=O) groups excluding carboxylic acids is 1. The molecule has 5 heteroatoms. The minimum atomic E-state index is -0.805. The number of amides is 1. The number of carbonyl (C=O) groups is 2. The van der Waals surface area contributed by atoms with Crippen LogP contribution in [0.25, 0.3) is 0 Å². The van der Waals surface area contributed by atoms with E-state index in [4.69, 9.17) is 5.11 Å². The van der Waals surface area contributed by atoms with E-state index in [1.807, 2.05) is 0 Å². The van der Waals surface area contributed by atoms with Crippen LogP contribution in [0.15, 0.2) is 0 Å². The van der Waals surface area contributed by atoms with Gasteiger partial charge in [-0.2, -0.15) is 0 Å². The van der Waals surface area contributed by atoms with Gasteiger partial charge < -0.3 is 15.5 Å². The van der Waals surface area contributed by atoms with Gasteiger partial charge in [-0.1, -0.05) is 12.8 Å². The van der Waals surface area contributed by atoms with Crippen molar-refractivity contribution in [2.45, 2.75) is 76.4 Å². The van der Waals surface area contributed by atoms with Crippen LogP contribution in [-0.2, 0) is 9.59 Å². The molecule has 0 aromatic heterocycles. The lowest BCUT2D eigenvalue weighted by atomic mass is 9.79. The number of hydrogen-bond donors (Lipinski definition) is 3. The van der Waals surface area contributed by atoms with Crippen molar-refractivity contribution in [2.24, 2.45) is 5.41 Å². The Morgan fingerprint density at radius 2 is 1.65 bits per heavy atom. The first-order valence-corrected chi connectivity index (χ1v) is 7.68. The third kappa shape index (κ3) is 4.20. The molecule has 114 valence electrons. The third-order valence-corrected chi connectivity index (χ3v) is 4.79. The van der Waals surface area contributed by atoms with Crippen LogP contribution in [-0.4, -0.2) is 34.2 Å². The summed E-state index contributed by atoms with van der Waals surface area (Å²) in [6.07, 6.45) is 7.06. The van der Waals surface area contributed by atoms with Crippen molar-refractivity contribution in [1.82, 2.24) is 5.32 Å². The average Bonchev–Trinajstić information content (AvgIpc) is 2.79. The molecule has 0 aromatic rings. The lowest BCUT2D eigenvalue weighted by Crippen LogP contribution is -2.41. The Hall–Kier alpha value is -1.10. The van der Waals surface area contributed by atoms with Crippen molar-refractivity contribution < 1.29 is 19.8 Å². The summed E-state index contributed by atoms with van der Waals surface area (Å²) in [5, 5.41) is 21.5. The minimum absolute atomic E-state index is 0.0189. The van der Waals surface area contributed by atoms with Gasteiger partial charge in [-0.05, 0) is 43.9 Å². The van der Waals surface area contributed by atoms with Crippen molar-refractivity contribution in [2.75, 3.05) is 0 Å². The van der Waals surface area contributed by atoms with Gasteiger partial charge in [0.05, 0.1) is 12.5 Å².